The van der Waals surface area contributed by atoms with Crippen molar-refractivity contribution < 1.29 is 28.9 Å². The number of carbonyl (C=O) groups excluding carboxylic acids is 2. The molecule has 0 bridgehead atoms. The van der Waals surface area contributed by atoms with E-state index in [1.807, 2.05) is 23.1 Å². The van der Waals surface area contributed by atoms with E-state index in [0.717, 1.165) is 36.3 Å². The van der Waals surface area contributed by atoms with Crippen LogP contribution < -0.4 is 10.1 Å². The Labute approximate surface area is 181 Å². The first-order valence-electron chi connectivity index (χ1n) is 11.4. The van der Waals surface area contributed by atoms with Gasteiger partial charge in [0.25, 0.3) is 0 Å². The van der Waals surface area contributed by atoms with E-state index < -0.39 is 6.10 Å². The number of ether oxygens (including phenoxy) is 3. The second-order valence-corrected chi connectivity index (χ2v) is 8.97. The molecule has 8 heteroatoms. The molecule has 0 aromatic heterocycles. The van der Waals surface area contributed by atoms with Crippen LogP contribution in [0, 0.1) is 5.92 Å². The number of nitrogens with one attached hydrogen (secondary N) is 1. The first-order valence-corrected chi connectivity index (χ1v) is 11.4. The summed E-state index contributed by atoms with van der Waals surface area (Å²) in [5.74, 6) is 1.04. The average molecular weight is 431 g/mol. The van der Waals surface area contributed by atoms with Crippen LogP contribution >= 0.6 is 0 Å². The Morgan fingerprint density at radius 3 is 2.71 bits per heavy atom. The van der Waals surface area contributed by atoms with Gasteiger partial charge in [0.15, 0.2) is 0 Å². The zero-order valence-electron chi connectivity index (χ0n) is 17.6. The molecule has 1 saturated carbocycles. The fraction of sp³-hybridized carbons (Fsp3) is 0.652. The maximum absolute atomic E-state index is 12.7. The van der Waals surface area contributed by atoms with E-state index in [1.165, 1.54) is 0 Å². The summed E-state index contributed by atoms with van der Waals surface area (Å²) in [4.78, 5) is 26.9. The van der Waals surface area contributed by atoms with Crippen molar-refractivity contribution >= 4 is 17.5 Å². The maximum Gasteiger partial charge on any atom is 0.227 e. The number of hydrogen-bond donors (Lipinski definition) is 2. The van der Waals surface area contributed by atoms with Gasteiger partial charge in [-0.3, -0.25) is 9.59 Å². The highest BCUT2D eigenvalue weighted by molar-refractivity contribution is 5.93. The molecule has 0 radical (unpaired) electrons. The summed E-state index contributed by atoms with van der Waals surface area (Å²) in [7, 11) is 0. The van der Waals surface area contributed by atoms with E-state index in [1.54, 1.807) is 0 Å². The predicted molar refractivity (Wildman–Crippen MR) is 112 cm³/mol. The zero-order valence-corrected chi connectivity index (χ0v) is 17.6. The van der Waals surface area contributed by atoms with E-state index in [9.17, 15) is 14.7 Å². The van der Waals surface area contributed by atoms with Gasteiger partial charge in [-0.1, -0.05) is 6.42 Å². The standard InChI is InChI=1S/C23H30N2O6/c26-13-20-22-18(11-16(30-20)12-21(27)25-6-8-29-9-7-25)17-10-15(4-5-19(17)31-22)24-23(28)14-2-1-3-14/h4-5,10,14,16,18,20,22,26H,1-3,6-9,11-13H2,(H,24,28)/t16-,18-,20+,22+/m0/s1. The molecule has 0 spiro atoms. The number of morpholine rings is 1. The normalized spacial score (nSPS) is 30.0. The second kappa shape index (κ2) is 8.76. The van der Waals surface area contributed by atoms with Gasteiger partial charge in [0.1, 0.15) is 18.0 Å². The molecule has 2 saturated heterocycles. The average Bonchev–Trinajstić information content (AvgIpc) is 3.10. The number of carbonyl (C=O) groups is 2. The topological polar surface area (TPSA) is 97.3 Å². The van der Waals surface area contributed by atoms with Gasteiger partial charge in [0.2, 0.25) is 11.8 Å². The van der Waals surface area contributed by atoms with Crippen molar-refractivity contribution in [2.24, 2.45) is 5.92 Å². The second-order valence-electron chi connectivity index (χ2n) is 8.97. The van der Waals surface area contributed by atoms with Gasteiger partial charge < -0.3 is 29.5 Å². The Morgan fingerprint density at radius 1 is 1.19 bits per heavy atom. The van der Waals surface area contributed by atoms with Crippen LogP contribution in [0.15, 0.2) is 18.2 Å². The molecule has 1 aromatic rings. The molecule has 2 amide bonds. The van der Waals surface area contributed by atoms with E-state index >= 15 is 0 Å². The number of hydrogen-bond acceptors (Lipinski definition) is 6. The third-order valence-corrected chi connectivity index (χ3v) is 7.01. The molecule has 2 N–H and O–H groups in total. The summed E-state index contributed by atoms with van der Waals surface area (Å²) in [5.41, 5.74) is 1.79. The highest BCUT2D eigenvalue weighted by Gasteiger charge is 2.46. The van der Waals surface area contributed by atoms with Crippen molar-refractivity contribution in [3.05, 3.63) is 23.8 Å². The molecule has 8 nitrogen and oxygen atoms in total. The number of amides is 2. The lowest BCUT2D eigenvalue weighted by molar-refractivity contribution is -0.151. The van der Waals surface area contributed by atoms with Gasteiger partial charge in [-0.2, -0.15) is 0 Å². The lowest BCUT2D eigenvalue weighted by atomic mass is 9.83. The van der Waals surface area contributed by atoms with Crippen LogP contribution in [0.3, 0.4) is 0 Å². The molecule has 4 atom stereocenters. The van der Waals surface area contributed by atoms with Gasteiger partial charge in [-0.25, -0.2) is 0 Å². The highest BCUT2D eigenvalue weighted by Crippen LogP contribution is 2.47. The number of benzene rings is 1. The lowest BCUT2D eigenvalue weighted by Crippen LogP contribution is -2.48. The van der Waals surface area contributed by atoms with E-state index in [0.29, 0.717) is 32.7 Å². The fourth-order valence-corrected chi connectivity index (χ4v) is 5.02. The Morgan fingerprint density at radius 2 is 2.00 bits per heavy atom. The van der Waals surface area contributed by atoms with Crippen LogP contribution in [0.1, 0.15) is 43.6 Å². The zero-order chi connectivity index (χ0) is 21.4. The number of nitrogens with zero attached hydrogens (tertiary/aromatic N) is 1. The number of aliphatic hydroxyl groups is 1. The number of aliphatic hydroxyl groups excluding tert-OH is 1. The minimum absolute atomic E-state index is 0.0175. The molecule has 0 unspecified atom stereocenters. The van der Waals surface area contributed by atoms with Crippen LogP contribution in [-0.4, -0.2) is 73.0 Å². The molecule has 1 aromatic carbocycles. The Kier molecular flexibility index (Phi) is 5.86. The fourth-order valence-electron chi connectivity index (χ4n) is 5.02. The highest BCUT2D eigenvalue weighted by atomic mass is 16.6. The molecular weight excluding hydrogens is 400 g/mol. The van der Waals surface area contributed by atoms with Gasteiger partial charge in [0.05, 0.1) is 32.3 Å². The summed E-state index contributed by atoms with van der Waals surface area (Å²) in [6, 6.07) is 5.73. The maximum atomic E-state index is 12.7. The SMILES string of the molecule is O=C(Nc1ccc2c(c1)[C@@H]1C[C@@H](CC(=O)N3CCOCC3)O[C@H](CO)[C@@H]1O2)C1CCC1. The van der Waals surface area contributed by atoms with Crippen molar-refractivity contribution in [3.63, 3.8) is 0 Å². The molecule has 4 aliphatic rings. The van der Waals surface area contributed by atoms with Crippen LogP contribution in [0.4, 0.5) is 5.69 Å². The largest absolute Gasteiger partial charge is 0.487 e. The molecule has 31 heavy (non-hydrogen) atoms. The summed E-state index contributed by atoms with van der Waals surface area (Å²) in [6.45, 7) is 2.19. The van der Waals surface area contributed by atoms with Gasteiger partial charge in [-0.05, 0) is 37.5 Å². The summed E-state index contributed by atoms with van der Waals surface area (Å²) in [5, 5.41) is 12.9. The lowest BCUT2D eigenvalue weighted by Gasteiger charge is -2.38. The minimum Gasteiger partial charge on any atom is -0.487 e. The first-order chi connectivity index (χ1) is 15.1. The number of rotatable bonds is 5. The van der Waals surface area contributed by atoms with E-state index in [4.69, 9.17) is 14.2 Å². The molecule has 5 rings (SSSR count). The Hall–Kier alpha value is -2.16. The third kappa shape index (κ3) is 4.16. The monoisotopic (exact) mass is 430 g/mol. The van der Waals surface area contributed by atoms with E-state index in [2.05, 4.69) is 5.32 Å². The van der Waals surface area contributed by atoms with Crippen LogP contribution in [0.5, 0.6) is 5.75 Å². The molecule has 1 aliphatic carbocycles. The molecular formula is C23H30N2O6. The van der Waals surface area contributed by atoms with Gasteiger partial charge >= 0.3 is 0 Å². The molecule has 3 aliphatic heterocycles. The Balaban J connectivity index is 1.29. The molecule has 168 valence electrons. The molecule has 3 heterocycles. The molecule has 3 fully saturated rings. The van der Waals surface area contributed by atoms with Gasteiger partial charge in [0, 0.05) is 36.2 Å². The van der Waals surface area contributed by atoms with Crippen molar-refractivity contribution in [3.8, 4) is 5.75 Å². The summed E-state index contributed by atoms with van der Waals surface area (Å²) in [6.07, 6.45) is 2.91. The van der Waals surface area contributed by atoms with E-state index in [-0.39, 0.29) is 48.9 Å². The Bertz CT molecular complexity index is 835. The smallest absolute Gasteiger partial charge is 0.227 e. The summed E-state index contributed by atoms with van der Waals surface area (Å²) < 4.78 is 17.5. The van der Waals surface area contributed by atoms with Crippen molar-refractivity contribution in [2.75, 3.05) is 38.2 Å². The summed E-state index contributed by atoms with van der Waals surface area (Å²) >= 11 is 0. The van der Waals surface area contributed by atoms with Crippen molar-refractivity contribution in [1.82, 2.24) is 4.90 Å². The quantitative estimate of drug-likeness (QED) is 0.738. The van der Waals surface area contributed by atoms with Crippen molar-refractivity contribution in [2.45, 2.75) is 56.3 Å². The minimum atomic E-state index is -0.485. The van der Waals surface area contributed by atoms with Gasteiger partial charge in [-0.15, -0.1) is 0 Å². The van der Waals surface area contributed by atoms with Crippen LogP contribution in [-0.2, 0) is 19.1 Å². The van der Waals surface area contributed by atoms with Crippen LogP contribution in [0.25, 0.3) is 0 Å². The van der Waals surface area contributed by atoms with Crippen LogP contribution in [0.2, 0.25) is 0 Å². The number of anilines is 1. The predicted octanol–water partition coefficient (Wildman–Crippen LogP) is 1.67. The first kappa shape index (κ1) is 20.7. The van der Waals surface area contributed by atoms with Crippen molar-refractivity contribution in [1.29, 1.82) is 0 Å². The number of fused-ring (bicyclic) bond motifs is 3. The third-order valence-electron chi connectivity index (χ3n) is 7.01.